The molecule has 0 aliphatic carbocycles. The molecular weight excluding hydrogens is 459 g/mol. The van der Waals surface area contributed by atoms with Gasteiger partial charge in [0, 0.05) is 28.6 Å². The van der Waals surface area contributed by atoms with Crippen LogP contribution in [-0.2, 0) is 5.75 Å². The highest BCUT2D eigenvalue weighted by Gasteiger charge is 2.25. The van der Waals surface area contributed by atoms with Gasteiger partial charge in [-0.25, -0.2) is 9.37 Å². The minimum absolute atomic E-state index is 0.0752. The van der Waals surface area contributed by atoms with Gasteiger partial charge in [-0.15, -0.1) is 21.5 Å². The van der Waals surface area contributed by atoms with E-state index >= 15 is 0 Å². The number of thiazole rings is 1. The van der Waals surface area contributed by atoms with E-state index in [4.69, 9.17) is 0 Å². The maximum Gasteiger partial charge on any atom is 0.258 e. The van der Waals surface area contributed by atoms with E-state index in [1.165, 1.54) is 54.5 Å². The van der Waals surface area contributed by atoms with Crippen LogP contribution in [0.1, 0.15) is 49.4 Å². The molecule has 172 valence electrons. The van der Waals surface area contributed by atoms with Gasteiger partial charge in [-0.3, -0.25) is 18.7 Å². The summed E-state index contributed by atoms with van der Waals surface area (Å²) >= 11 is 2.94. The Morgan fingerprint density at radius 3 is 2.67 bits per heavy atom. The molecule has 10 heteroatoms. The van der Waals surface area contributed by atoms with Gasteiger partial charge in [-0.2, -0.15) is 0 Å². The molecule has 1 aliphatic rings. The molecular formula is C23H25FN6OS2. The topological polar surface area (TPSA) is 68.3 Å². The van der Waals surface area contributed by atoms with Gasteiger partial charge in [-0.05, 0) is 64.0 Å². The van der Waals surface area contributed by atoms with Gasteiger partial charge in [0.25, 0.3) is 5.56 Å². The van der Waals surface area contributed by atoms with Crippen LogP contribution in [0.5, 0.6) is 0 Å². The van der Waals surface area contributed by atoms with Crippen molar-refractivity contribution in [2.24, 2.45) is 0 Å². The maximum atomic E-state index is 13.6. The monoisotopic (exact) mass is 484 g/mol. The van der Waals surface area contributed by atoms with E-state index in [2.05, 4.69) is 27.0 Å². The van der Waals surface area contributed by atoms with Gasteiger partial charge >= 0.3 is 0 Å². The second kappa shape index (κ2) is 9.36. The van der Waals surface area contributed by atoms with E-state index in [1.807, 2.05) is 16.9 Å². The summed E-state index contributed by atoms with van der Waals surface area (Å²) in [5.74, 6) is 1.04. The number of aromatic nitrogens is 5. The molecule has 5 rings (SSSR count). The van der Waals surface area contributed by atoms with Crippen molar-refractivity contribution in [1.82, 2.24) is 29.0 Å². The van der Waals surface area contributed by atoms with Crippen molar-refractivity contribution >= 4 is 28.1 Å². The number of rotatable bonds is 6. The molecule has 0 radical (unpaired) electrons. The first-order valence-corrected chi connectivity index (χ1v) is 12.9. The number of likely N-dealkylation sites (tertiary alicyclic amines) is 1. The lowest BCUT2D eigenvalue weighted by molar-refractivity contribution is 0.167. The van der Waals surface area contributed by atoms with Crippen LogP contribution in [-0.4, -0.2) is 42.1 Å². The Labute approximate surface area is 199 Å². The molecule has 3 aromatic heterocycles. The van der Waals surface area contributed by atoms with E-state index in [-0.39, 0.29) is 17.4 Å². The highest BCUT2D eigenvalue weighted by atomic mass is 32.2. The quantitative estimate of drug-likeness (QED) is 0.372. The fraction of sp³-hybridized carbons (Fsp3) is 0.391. The number of hydrogen-bond acceptors (Lipinski definition) is 7. The average Bonchev–Trinajstić information content (AvgIpc) is 3.42. The molecule has 0 unspecified atom stereocenters. The molecule has 0 bridgehead atoms. The number of benzene rings is 1. The number of piperidine rings is 1. The summed E-state index contributed by atoms with van der Waals surface area (Å²) < 4.78 is 17.2. The normalized spacial score (nSPS) is 15.8. The van der Waals surface area contributed by atoms with E-state index in [1.54, 1.807) is 22.6 Å². The predicted molar refractivity (Wildman–Crippen MR) is 129 cm³/mol. The van der Waals surface area contributed by atoms with Crippen molar-refractivity contribution in [3.05, 3.63) is 69.1 Å². The highest BCUT2D eigenvalue weighted by Crippen LogP contribution is 2.30. The molecule has 1 aliphatic heterocycles. The van der Waals surface area contributed by atoms with Crippen LogP contribution in [0.3, 0.4) is 0 Å². The molecule has 4 aromatic rings. The molecule has 1 aromatic carbocycles. The molecule has 0 spiro atoms. The lowest BCUT2D eigenvalue weighted by Crippen LogP contribution is -2.33. The lowest BCUT2D eigenvalue weighted by Gasteiger charge is -2.31. The second-order valence-electron chi connectivity index (χ2n) is 8.29. The second-order valence-corrected chi connectivity index (χ2v) is 10.1. The van der Waals surface area contributed by atoms with Crippen molar-refractivity contribution < 1.29 is 4.39 Å². The third-order valence-electron chi connectivity index (χ3n) is 6.03. The van der Waals surface area contributed by atoms with Gasteiger partial charge in [0.1, 0.15) is 5.82 Å². The van der Waals surface area contributed by atoms with E-state index in [0.29, 0.717) is 21.6 Å². The Morgan fingerprint density at radius 2 is 1.91 bits per heavy atom. The van der Waals surface area contributed by atoms with Crippen molar-refractivity contribution in [2.75, 3.05) is 13.1 Å². The Kier molecular flexibility index (Phi) is 6.31. The minimum atomic E-state index is -0.282. The zero-order valence-electron chi connectivity index (χ0n) is 18.6. The van der Waals surface area contributed by atoms with Gasteiger partial charge in [0.15, 0.2) is 15.9 Å². The first kappa shape index (κ1) is 22.2. The molecule has 33 heavy (non-hydrogen) atoms. The van der Waals surface area contributed by atoms with Crippen LogP contribution in [0, 0.1) is 12.7 Å². The number of thioether (sulfide) groups is 1. The Hall–Kier alpha value is -2.56. The van der Waals surface area contributed by atoms with Crippen LogP contribution in [0.15, 0.2) is 45.7 Å². The zero-order valence-corrected chi connectivity index (χ0v) is 20.2. The molecule has 0 saturated carbocycles. The summed E-state index contributed by atoms with van der Waals surface area (Å²) in [5, 5.41) is 11.7. The van der Waals surface area contributed by atoms with Gasteiger partial charge in [0.05, 0.1) is 11.7 Å². The molecule has 1 atom stereocenters. The molecule has 1 fully saturated rings. The van der Waals surface area contributed by atoms with Crippen molar-refractivity contribution in [3.8, 4) is 5.69 Å². The summed E-state index contributed by atoms with van der Waals surface area (Å²) in [6.07, 6.45) is 3.63. The summed E-state index contributed by atoms with van der Waals surface area (Å²) in [6, 6.07) is 8.07. The van der Waals surface area contributed by atoms with E-state index in [0.717, 1.165) is 30.3 Å². The summed E-state index contributed by atoms with van der Waals surface area (Å²) in [4.78, 5) is 20.3. The summed E-state index contributed by atoms with van der Waals surface area (Å²) in [7, 11) is 0. The summed E-state index contributed by atoms with van der Waals surface area (Å²) in [6.45, 7) is 6.12. The van der Waals surface area contributed by atoms with Gasteiger partial charge in [0.2, 0.25) is 0 Å². The first-order valence-electron chi connectivity index (χ1n) is 11.1. The fourth-order valence-corrected chi connectivity index (χ4v) is 6.00. The van der Waals surface area contributed by atoms with Crippen LogP contribution in [0.4, 0.5) is 4.39 Å². The smallest absolute Gasteiger partial charge is 0.258 e. The average molecular weight is 485 g/mol. The predicted octanol–water partition coefficient (Wildman–Crippen LogP) is 4.62. The van der Waals surface area contributed by atoms with E-state index in [9.17, 15) is 9.18 Å². The molecule has 0 amide bonds. The van der Waals surface area contributed by atoms with Crippen LogP contribution in [0.25, 0.3) is 10.6 Å². The summed E-state index contributed by atoms with van der Waals surface area (Å²) in [5.41, 5.74) is 2.33. The molecule has 4 heterocycles. The molecule has 0 N–H and O–H groups in total. The Balaban J connectivity index is 1.47. The maximum absolute atomic E-state index is 13.6. The largest absolute Gasteiger partial charge is 0.294 e. The van der Waals surface area contributed by atoms with Gasteiger partial charge < -0.3 is 0 Å². The number of aryl methyl sites for hydroxylation is 1. The number of nitrogens with zero attached hydrogens (tertiary/aromatic N) is 6. The third-order valence-corrected chi connectivity index (χ3v) is 7.94. The first-order chi connectivity index (χ1) is 16.0. The number of hydrogen-bond donors (Lipinski definition) is 0. The third kappa shape index (κ3) is 4.47. The fourth-order valence-electron chi connectivity index (χ4n) is 4.26. The minimum Gasteiger partial charge on any atom is -0.294 e. The SMILES string of the molecule is Cc1csc2nc(CSc3nnc([C@H](C)N4CCCCC4)n3-c3ccc(F)cc3)cc(=O)n12. The molecule has 1 saturated heterocycles. The Morgan fingerprint density at radius 1 is 1.15 bits per heavy atom. The van der Waals surface area contributed by atoms with E-state index < -0.39 is 0 Å². The standard InChI is InChI=1S/C23H25FN6OS2/c1-15-13-32-22-25-18(12-20(31)29(15)22)14-33-23-27-26-21(16(2)28-10-4-3-5-11-28)30(23)19-8-6-17(24)7-9-19/h6-9,12-13,16H,3-5,10-11,14H2,1-2H3/t16-/m0/s1. The number of fused-ring (bicyclic) bond motifs is 1. The van der Waals surface area contributed by atoms with Crippen LogP contribution >= 0.6 is 23.1 Å². The molecule has 7 nitrogen and oxygen atoms in total. The van der Waals surface area contributed by atoms with Crippen molar-refractivity contribution in [1.29, 1.82) is 0 Å². The lowest BCUT2D eigenvalue weighted by atomic mass is 10.1. The van der Waals surface area contributed by atoms with Crippen molar-refractivity contribution in [3.63, 3.8) is 0 Å². The zero-order chi connectivity index (χ0) is 22.9. The van der Waals surface area contributed by atoms with Crippen LogP contribution < -0.4 is 5.56 Å². The van der Waals surface area contributed by atoms with Crippen molar-refractivity contribution in [2.45, 2.75) is 50.1 Å². The Bertz CT molecular complexity index is 1320. The highest BCUT2D eigenvalue weighted by molar-refractivity contribution is 7.98. The number of halogens is 1. The van der Waals surface area contributed by atoms with Gasteiger partial charge in [-0.1, -0.05) is 18.2 Å². The van der Waals surface area contributed by atoms with Crippen LogP contribution in [0.2, 0.25) is 0 Å².